The van der Waals surface area contributed by atoms with Crippen LogP contribution in [-0.2, 0) is 0 Å². The third-order valence-electron chi connectivity index (χ3n) is 3.62. The number of rotatable bonds is 6. The average Bonchev–Trinajstić information content (AvgIpc) is 3.03. The number of alkyl halides is 2. The van der Waals surface area contributed by atoms with Crippen molar-refractivity contribution in [3.63, 3.8) is 0 Å². The van der Waals surface area contributed by atoms with Crippen molar-refractivity contribution in [3.8, 4) is 11.6 Å². The molecule has 7 nitrogen and oxygen atoms in total. The highest BCUT2D eigenvalue weighted by Crippen LogP contribution is 2.21. The van der Waals surface area contributed by atoms with Gasteiger partial charge < -0.3 is 10.1 Å². The number of nitrogens with one attached hydrogen (secondary N) is 2. The number of carbonyl (C=O) groups excluding carboxylic acids is 1. The van der Waals surface area contributed by atoms with Gasteiger partial charge in [0, 0.05) is 12.3 Å². The van der Waals surface area contributed by atoms with Crippen LogP contribution in [0.3, 0.4) is 0 Å². The number of aryl methyl sites for hydroxylation is 1. The van der Waals surface area contributed by atoms with Crippen molar-refractivity contribution in [2.75, 3.05) is 11.9 Å². The van der Waals surface area contributed by atoms with Gasteiger partial charge in [0.25, 0.3) is 17.9 Å². The Labute approximate surface area is 152 Å². The Kier molecular flexibility index (Phi) is 5.30. The van der Waals surface area contributed by atoms with Crippen LogP contribution in [0.25, 0.3) is 5.69 Å². The lowest BCUT2D eigenvalue weighted by Crippen LogP contribution is -2.16. The zero-order valence-electron chi connectivity index (χ0n) is 14.3. The highest BCUT2D eigenvalue weighted by Gasteiger charge is 2.16. The predicted molar refractivity (Wildman–Crippen MR) is 94.8 cm³/mol. The Balaban J connectivity index is 1.81. The van der Waals surface area contributed by atoms with E-state index in [2.05, 4.69) is 15.4 Å². The number of aromatic nitrogens is 3. The van der Waals surface area contributed by atoms with Crippen molar-refractivity contribution in [2.24, 2.45) is 0 Å². The maximum absolute atomic E-state index is 12.4. The number of nitrogens with zero attached hydrogens (tertiary/aromatic N) is 2. The summed E-state index contributed by atoms with van der Waals surface area (Å²) in [6.07, 6.45) is -1.32. The van der Waals surface area contributed by atoms with E-state index in [1.807, 2.05) is 19.1 Å². The molecular weight excluding hydrogens is 358 g/mol. The number of carbonyl (C=O) groups is 1. The van der Waals surface area contributed by atoms with Crippen molar-refractivity contribution >= 4 is 11.6 Å². The largest absolute Gasteiger partial charge is 0.470 e. The maximum Gasteiger partial charge on any atom is 0.273 e. The van der Waals surface area contributed by atoms with Crippen LogP contribution in [0.4, 0.5) is 14.5 Å². The molecule has 3 rings (SSSR count). The second-order valence-corrected chi connectivity index (χ2v) is 5.69. The van der Waals surface area contributed by atoms with Crippen LogP contribution in [-0.4, -0.2) is 33.7 Å². The molecule has 2 aromatic heterocycles. The van der Waals surface area contributed by atoms with Crippen molar-refractivity contribution in [2.45, 2.75) is 13.3 Å². The van der Waals surface area contributed by atoms with E-state index in [1.165, 1.54) is 23.0 Å². The Morgan fingerprint density at radius 2 is 2.04 bits per heavy atom. The maximum atomic E-state index is 12.4. The molecule has 3 aromatic rings. The summed E-state index contributed by atoms with van der Waals surface area (Å²) in [5, 5.41) is 5.21. The minimum atomic E-state index is -2.67. The van der Waals surface area contributed by atoms with E-state index in [1.54, 1.807) is 12.1 Å². The molecule has 2 heterocycles. The van der Waals surface area contributed by atoms with Crippen LogP contribution in [0.1, 0.15) is 16.1 Å². The molecule has 0 radical (unpaired) electrons. The Hall–Kier alpha value is -3.49. The molecule has 2 N–H and O–H groups in total. The summed E-state index contributed by atoms with van der Waals surface area (Å²) in [5.74, 6) is -0.765. The molecule has 27 heavy (non-hydrogen) atoms. The Bertz CT molecular complexity index is 996. The van der Waals surface area contributed by atoms with Gasteiger partial charge in [0.1, 0.15) is 11.4 Å². The predicted octanol–water partition coefficient (Wildman–Crippen LogP) is 2.77. The van der Waals surface area contributed by atoms with Gasteiger partial charge in [0.2, 0.25) is 5.88 Å². The fourth-order valence-corrected chi connectivity index (χ4v) is 2.33. The molecule has 0 unspecified atom stereocenters. The van der Waals surface area contributed by atoms with Crippen molar-refractivity contribution in [3.05, 3.63) is 70.3 Å². The second-order valence-electron chi connectivity index (χ2n) is 5.69. The smallest absolute Gasteiger partial charge is 0.273 e. The van der Waals surface area contributed by atoms with Gasteiger partial charge in [0.15, 0.2) is 6.61 Å². The van der Waals surface area contributed by atoms with Gasteiger partial charge in [-0.3, -0.25) is 14.7 Å². The van der Waals surface area contributed by atoms with Gasteiger partial charge in [-0.05, 0) is 31.2 Å². The van der Waals surface area contributed by atoms with Crippen LogP contribution in [0.15, 0.2) is 53.5 Å². The SMILES string of the molecule is Cc1ccc(-n2[nH]c(C(=O)Nc3cccnc3OCC(F)F)cc2=O)cc1. The first-order chi connectivity index (χ1) is 12.9. The van der Waals surface area contributed by atoms with Gasteiger partial charge in [-0.15, -0.1) is 0 Å². The summed E-state index contributed by atoms with van der Waals surface area (Å²) in [5.41, 5.74) is 1.32. The summed E-state index contributed by atoms with van der Waals surface area (Å²) in [7, 11) is 0. The monoisotopic (exact) mass is 374 g/mol. The lowest BCUT2D eigenvalue weighted by atomic mass is 10.2. The molecule has 0 saturated carbocycles. The third-order valence-corrected chi connectivity index (χ3v) is 3.62. The molecule has 0 saturated heterocycles. The zero-order chi connectivity index (χ0) is 19.4. The molecule has 9 heteroatoms. The first kappa shape index (κ1) is 18.3. The normalized spacial score (nSPS) is 10.8. The minimum Gasteiger partial charge on any atom is -0.470 e. The van der Waals surface area contributed by atoms with Crippen LogP contribution in [0, 0.1) is 6.92 Å². The molecule has 0 bridgehead atoms. The summed E-state index contributed by atoms with van der Waals surface area (Å²) >= 11 is 0. The number of amides is 1. The number of hydrogen-bond acceptors (Lipinski definition) is 4. The van der Waals surface area contributed by atoms with Gasteiger partial charge >= 0.3 is 0 Å². The number of benzene rings is 1. The van der Waals surface area contributed by atoms with Crippen molar-refractivity contribution < 1.29 is 18.3 Å². The Morgan fingerprint density at radius 3 is 2.74 bits per heavy atom. The van der Waals surface area contributed by atoms with Gasteiger partial charge in [-0.2, -0.15) is 0 Å². The van der Waals surface area contributed by atoms with Crippen LogP contribution in [0.5, 0.6) is 5.88 Å². The second kappa shape index (κ2) is 7.81. The molecule has 0 fully saturated rings. The standard InChI is InChI=1S/C18H16F2N4O3/c1-11-4-6-12(7-5-11)24-16(25)9-14(23-24)17(26)22-13-3-2-8-21-18(13)27-10-15(19)20/h2-9,15,23H,10H2,1H3,(H,22,26). The molecule has 140 valence electrons. The molecule has 0 spiro atoms. The lowest BCUT2D eigenvalue weighted by Gasteiger charge is -2.10. The van der Waals surface area contributed by atoms with Crippen molar-refractivity contribution in [1.82, 2.24) is 14.8 Å². The fourth-order valence-electron chi connectivity index (χ4n) is 2.33. The van der Waals surface area contributed by atoms with E-state index in [-0.39, 0.29) is 17.3 Å². The molecule has 0 aliphatic rings. The first-order valence-corrected chi connectivity index (χ1v) is 8.00. The number of anilines is 1. The molecular formula is C18H16F2N4O3. The molecule has 0 aliphatic carbocycles. The number of pyridine rings is 1. The van der Waals surface area contributed by atoms with E-state index in [0.717, 1.165) is 11.6 Å². The van der Waals surface area contributed by atoms with Gasteiger partial charge in [0.05, 0.1) is 5.69 Å². The third kappa shape index (κ3) is 4.38. The quantitative estimate of drug-likeness (QED) is 0.694. The van der Waals surface area contributed by atoms with Crippen molar-refractivity contribution in [1.29, 1.82) is 0 Å². The summed E-state index contributed by atoms with van der Waals surface area (Å²) in [6.45, 7) is 1.07. The first-order valence-electron chi connectivity index (χ1n) is 8.00. The van der Waals surface area contributed by atoms with Gasteiger partial charge in [-0.1, -0.05) is 17.7 Å². The molecule has 1 amide bonds. The molecule has 0 atom stereocenters. The number of halogens is 2. The van der Waals surface area contributed by atoms with E-state index < -0.39 is 24.5 Å². The molecule has 0 aliphatic heterocycles. The zero-order valence-corrected chi connectivity index (χ0v) is 14.3. The minimum absolute atomic E-state index is 0.00392. The topological polar surface area (TPSA) is 89.0 Å². The summed E-state index contributed by atoms with van der Waals surface area (Å²) in [6, 6.07) is 11.3. The highest BCUT2D eigenvalue weighted by atomic mass is 19.3. The number of aromatic amines is 1. The average molecular weight is 374 g/mol. The van der Waals surface area contributed by atoms with Crippen LogP contribution in [0.2, 0.25) is 0 Å². The number of ether oxygens (including phenoxy) is 1. The van der Waals surface area contributed by atoms with E-state index in [9.17, 15) is 18.4 Å². The van der Waals surface area contributed by atoms with E-state index >= 15 is 0 Å². The summed E-state index contributed by atoms with van der Waals surface area (Å²) in [4.78, 5) is 28.4. The summed E-state index contributed by atoms with van der Waals surface area (Å²) < 4.78 is 30.8. The Morgan fingerprint density at radius 1 is 1.30 bits per heavy atom. The van der Waals surface area contributed by atoms with Crippen LogP contribution >= 0.6 is 0 Å². The number of H-pyrrole nitrogens is 1. The highest BCUT2D eigenvalue weighted by molar-refractivity contribution is 6.03. The lowest BCUT2D eigenvalue weighted by molar-refractivity contribution is 0.0799. The number of hydrogen-bond donors (Lipinski definition) is 2. The van der Waals surface area contributed by atoms with E-state index in [4.69, 9.17) is 4.74 Å². The molecule has 1 aromatic carbocycles. The van der Waals surface area contributed by atoms with E-state index in [0.29, 0.717) is 5.69 Å². The van der Waals surface area contributed by atoms with Gasteiger partial charge in [-0.25, -0.2) is 18.4 Å². The van der Waals surface area contributed by atoms with Crippen LogP contribution < -0.4 is 15.6 Å². The fraction of sp³-hybridized carbons (Fsp3) is 0.167.